The van der Waals surface area contributed by atoms with Crippen LogP contribution in [0, 0.1) is 5.92 Å². The van der Waals surface area contributed by atoms with Crippen molar-refractivity contribution >= 4 is 15.8 Å². The van der Waals surface area contributed by atoms with E-state index in [9.17, 15) is 8.42 Å². The molecule has 1 aliphatic heterocycles. The van der Waals surface area contributed by atoms with E-state index in [1.165, 1.54) is 25.7 Å². The Labute approximate surface area is 135 Å². The van der Waals surface area contributed by atoms with Crippen LogP contribution in [-0.4, -0.2) is 56.0 Å². The van der Waals surface area contributed by atoms with Crippen molar-refractivity contribution in [1.29, 1.82) is 0 Å². The van der Waals surface area contributed by atoms with Gasteiger partial charge in [0, 0.05) is 26.2 Å². The van der Waals surface area contributed by atoms with E-state index in [4.69, 9.17) is 4.99 Å². The number of nitrogens with zero attached hydrogens (tertiary/aromatic N) is 2. The zero-order valence-electron chi connectivity index (χ0n) is 14.3. The number of hydrogen-bond donors (Lipinski definition) is 1. The van der Waals surface area contributed by atoms with Crippen molar-refractivity contribution in [3.8, 4) is 0 Å². The molecule has 2 rings (SSSR count). The first-order valence-corrected chi connectivity index (χ1v) is 10.3. The van der Waals surface area contributed by atoms with Gasteiger partial charge in [0.2, 0.25) is 0 Å². The lowest BCUT2D eigenvalue weighted by molar-refractivity contribution is 0.352. The van der Waals surface area contributed by atoms with E-state index in [0.717, 1.165) is 31.4 Å². The minimum Gasteiger partial charge on any atom is -0.357 e. The minimum absolute atomic E-state index is 0.215. The number of aliphatic imine (C=N–C) groups is 1. The van der Waals surface area contributed by atoms with E-state index in [1.54, 1.807) is 0 Å². The van der Waals surface area contributed by atoms with Gasteiger partial charge in [0.05, 0.1) is 10.5 Å². The van der Waals surface area contributed by atoms with Crippen LogP contribution in [0.25, 0.3) is 0 Å². The summed E-state index contributed by atoms with van der Waals surface area (Å²) in [5.74, 6) is 1.93. The summed E-state index contributed by atoms with van der Waals surface area (Å²) < 4.78 is 23.6. The van der Waals surface area contributed by atoms with Gasteiger partial charge in [-0.1, -0.05) is 25.7 Å². The quantitative estimate of drug-likeness (QED) is 0.633. The van der Waals surface area contributed by atoms with E-state index in [2.05, 4.69) is 17.1 Å². The van der Waals surface area contributed by atoms with Gasteiger partial charge in [-0.25, -0.2) is 8.42 Å². The van der Waals surface area contributed by atoms with Gasteiger partial charge < -0.3 is 10.2 Å². The van der Waals surface area contributed by atoms with Crippen molar-refractivity contribution in [2.75, 3.05) is 31.9 Å². The summed E-state index contributed by atoms with van der Waals surface area (Å²) in [4.78, 5) is 6.86. The first-order chi connectivity index (χ1) is 10.4. The molecule has 128 valence electrons. The van der Waals surface area contributed by atoms with Crippen molar-refractivity contribution in [1.82, 2.24) is 10.2 Å². The molecule has 2 fully saturated rings. The van der Waals surface area contributed by atoms with E-state index in [-0.39, 0.29) is 5.75 Å². The molecule has 1 aliphatic carbocycles. The normalized spacial score (nSPS) is 25.4. The highest BCUT2D eigenvalue weighted by Gasteiger charge is 2.40. The molecule has 1 N–H and O–H groups in total. The molecule has 22 heavy (non-hydrogen) atoms. The molecule has 1 saturated heterocycles. The molecule has 5 nitrogen and oxygen atoms in total. The Morgan fingerprint density at radius 1 is 1.32 bits per heavy atom. The molecule has 0 atom stereocenters. The standard InChI is InChI=1S/C16H31N3O2S/c1-4-17-15(18-10-9-14-7-5-6-8-14)19-11-12-22(20,21)16(2,3)13-19/h14H,4-13H2,1-3H3,(H,17,18). The average Bonchev–Trinajstić information content (AvgIpc) is 2.94. The van der Waals surface area contributed by atoms with E-state index in [0.29, 0.717) is 13.1 Å². The maximum Gasteiger partial charge on any atom is 0.193 e. The number of nitrogens with one attached hydrogen (secondary N) is 1. The summed E-state index contributed by atoms with van der Waals surface area (Å²) in [6.07, 6.45) is 6.59. The Kier molecular flexibility index (Phi) is 5.75. The summed E-state index contributed by atoms with van der Waals surface area (Å²) in [6, 6.07) is 0. The summed E-state index contributed by atoms with van der Waals surface area (Å²) in [5.41, 5.74) is 0. The van der Waals surface area contributed by atoms with Gasteiger partial charge >= 0.3 is 0 Å². The molecule has 0 bridgehead atoms. The smallest absolute Gasteiger partial charge is 0.193 e. The first kappa shape index (κ1) is 17.6. The monoisotopic (exact) mass is 329 g/mol. The van der Waals surface area contributed by atoms with Crippen molar-refractivity contribution in [3.05, 3.63) is 0 Å². The lowest BCUT2D eigenvalue weighted by Crippen LogP contribution is -2.57. The highest BCUT2D eigenvalue weighted by molar-refractivity contribution is 7.92. The molecule has 1 heterocycles. The maximum absolute atomic E-state index is 12.1. The second-order valence-electron chi connectivity index (χ2n) is 7.17. The average molecular weight is 330 g/mol. The molecule has 0 aromatic heterocycles. The van der Waals surface area contributed by atoms with Gasteiger partial charge in [0.25, 0.3) is 0 Å². The maximum atomic E-state index is 12.1. The molecule has 0 aromatic rings. The van der Waals surface area contributed by atoms with Crippen LogP contribution in [-0.2, 0) is 9.84 Å². The van der Waals surface area contributed by atoms with Crippen molar-refractivity contribution in [3.63, 3.8) is 0 Å². The van der Waals surface area contributed by atoms with Gasteiger partial charge in [-0.2, -0.15) is 0 Å². The first-order valence-electron chi connectivity index (χ1n) is 8.61. The van der Waals surface area contributed by atoms with Crippen molar-refractivity contribution < 1.29 is 8.42 Å². The fraction of sp³-hybridized carbons (Fsp3) is 0.938. The van der Waals surface area contributed by atoms with Crippen molar-refractivity contribution in [2.24, 2.45) is 10.9 Å². The molecule has 2 aliphatic rings. The fourth-order valence-corrected chi connectivity index (χ4v) is 4.77. The van der Waals surface area contributed by atoms with Crippen LogP contribution < -0.4 is 5.32 Å². The van der Waals surface area contributed by atoms with Crippen LogP contribution in [0.2, 0.25) is 0 Å². The second kappa shape index (κ2) is 7.20. The summed E-state index contributed by atoms with van der Waals surface area (Å²) in [7, 11) is -3.00. The Morgan fingerprint density at radius 3 is 2.59 bits per heavy atom. The van der Waals surface area contributed by atoms with Gasteiger partial charge in [-0.3, -0.25) is 4.99 Å². The Morgan fingerprint density at radius 2 is 2.00 bits per heavy atom. The minimum atomic E-state index is -3.00. The summed E-state index contributed by atoms with van der Waals surface area (Å²) in [5, 5.41) is 3.32. The lowest BCUT2D eigenvalue weighted by atomic mass is 10.0. The van der Waals surface area contributed by atoms with Crippen LogP contribution in [0.4, 0.5) is 0 Å². The molecule has 0 radical (unpaired) electrons. The SMILES string of the molecule is CCNC(=NCCC1CCCC1)N1CCS(=O)(=O)C(C)(C)C1. The molecule has 1 saturated carbocycles. The highest BCUT2D eigenvalue weighted by atomic mass is 32.2. The lowest BCUT2D eigenvalue weighted by Gasteiger charge is -2.39. The molecular formula is C16H31N3O2S. The Bertz CT molecular complexity index is 494. The number of rotatable bonds is 4. The predicted octanol–water partition coefficient (Wildman–Crippen LogP) is 2.04. The number of guanidine groups is 1. The van der Waals surface area contributed by atoms with E-state index >= 15 is 0 Å². The number of hydrogen-bond acceptors (Lipinski definition) is 3. The topological polar surface area (TPSA) is 61.8 Å². The van der Waals surface area contributed by atoms with Gasteiger partial charge in [-0.05, 0) is 33.1 Å². The zero-order valence-corrected chi connectivity index (χ0v) is 15.1. The third kappa shape index (κ3) is 4.15. The van der Waals surface area contributed by atoms with Gasteiger partial charge in [0.15, 0.2) is 15.8 Å². The second-order valence-corrected chi connectivity index (χ2v) is 9.92. The zero-order chi connectivity index (χ0) is 16.2. The molecular weight excluding hydrogens is 298 g/mol. The summed E-state index contributed by atoms with van der Waals surface area (Å²) >= 11 is 0. The Hall–Kier alpha value is -0.780. The Balaban J connectivity index is 1.98. The molecule has 6 heteroatoms. The molecule has 0 amide bonds. The highest BCUT2D eigenvalue weighted by Crippen LogP contribution is 2.27. The predicted molar refractivity (Wildman–Crippen MR) is 92.0 cm³/mol. The molecule has 0 unspecified atom stereocenters. The van der Waals surface area contributed by atoms with Crippen molar-refractivity contribution in [2.45, 2.75) is 57.6 Å². The fourth-order valence-electron chi connectivity index (χ4n) is 3.40. The summed E-state index contributed by atoms with van der Waals surface area (Å²) in [6.45, 7) is 8.40. The van der Waals surface area contributed by atoms with Crippen LogP contribution in [0.15, 0.2) is 4.99 Å². The van der Waals surface area contributed by atoms with E-state index in [1.807, 2.05) is 13.8 Å². The third-order valence-electron chi connectivity index (χ3n) is 4.95. The van der Waals surface area contributed by atoms with Crippen LogP contribution in [0.5, 0.6) is 0 Å². The largest absolute Gasteiger partial charge is 0.357 e. The van der Waals surface area contributed by atoms with Gasteiger partial charge in [-0.15, -0.1) is 0 Å². The third-order valence-corrected chi connectivity index (χ3v) is 7.48. The van der Waals surface area contributed by atoms with Gasteiger partial charge in [0.1, 0.15) is 0 Å². The molecule has 0 aromatic carbocycles. The molecule has 0 spiro atoms. The van der Waals surface area contributed by atoms with Crippen LogP contribution >= 0.6 is 0 Å². The van der Waals surface area contributed by atoms with Crippen LogP contribution in [0.3, 0.4) is 0 Å². The van der Waals surface area contributed by atoms with E-state index < -0.39 is 14.6 Å². The van der Waals surface area contributed by atoms with Crippen LogP contribution in [0.1, 0.15) is 52.9 Å². The number of sulfone groups is 1.